The third-order valence-corrected chi connectivity index (χ3v) is 4.85. The molecule has 3 N–H and O–H groups in total. The van der Waals surface area contributed by atoms with Crippen LogP contribution in [0.5, 0.6) is 5.75 Å². The Hall–Kier alpha value is -3.18. The van der Waals surface area contributed by atoms with E-state index in [-0.39, 0.29) is 18.0 Å². The molecule has 0 saturated heterocycles. The largest absolute Gasteiger partial charge is 0.475 e. The summed E-state index contributed by atoms with van der Waals surface area (Å²) < 4.78 is 19.6. The number of anilines is 1. The van der Waals surface area contributed by atoms with Gasteiger partial charge >= 0.3 is 0 Å². The molecule has 0 bridgehead atoms. The number of carbonyl (C=O) groups is 1. The second-order valence-electron chi connectivity index (χ2n) is 6.89. The molecule has 0 fully saturated rings. The summed E-state index contributed by atoms with van der Waals surface area (Å²) in [6, 6.07) is 21.4. The van der Waals surface area contributed by atoms with Crippen molar-refractivity contribution in [2.45, 2.75) is 25.5 Å². The summed E-state index contributed by atoms with van der Waals surface area (Å²) in [5, 5.41) is 2.52. The molecule has 3 aromatic rings. The summed E-state index contributed by atoms with van der Waals surface area (Å²) >= 11 is 0. The highest BCUT2D eigenvalue weighted by molar-refractivity contribution is 6.00. The van der Waals surface area contributed by atoms with Crippen LogP contribution in [-0.4, -0.2) is 12.1 Å². The average molecular weight is 376 g/mol. The minimum atomic E-state index is -0.550. The minimum Gasteiger partial charge on any atom is -0.475 e. The predicted molar refractivity (Wildman–Crippen MR) is 108 cm³/mol. The highest BCUT2D eigenvalue weighted by Crippen LogP contribution is 2.34. The summed E-state index contributed by atoms with van der Waals surface area (Å²) in [5.74, 6) is -0.240. The summed E-state index contributed by atoms with van der Waals surface area (Å²) in [4.78, 5) is 11.6. The number of aryl methyl sites for hydroxylation is 1. The third-order valence-electron chi connectivity index (χ3n) is 4.85. The first-order valence-corrected chi connectivity index (χ1v) is 9.28. The van der Waals surface area contributed by atoms with Crippen molar-refractivity contribution in [1.29, 1.82) is 0 Å². The number of nitrogens with two attached hydrogens (primary N) is 1. The van der Waals surface area contributed by atoms with Crippen LogP contribution in [0, 0.1) is 5.82 Å². The molecule has 1 heterocycles. The van der Waals surface area contributed by atoms with Crippen molar-refractivity contribution in [3.8, 4) is 16.9 Å². The molecule has 1 aliphatic heterocycles. The number of ether oxygens (including phenoxy) is 1. The van der Waals surface area contributed by atoms with Gasteiger partial charge in [0.1, 0.15) is 17.8 Å². The maximum Gasteiger partial charge on any atom is 0.229 e. The van der Waals surface area contributed by atoms with Crippen LogP contribution >= 0.6 is 0 Å². The van der Waals surface area contributed by atoms with Crippen LogP contribution in [-0.2, 0) is 17.6 Å². The van der Waals surface area contributed by atoms with Gasteiger partial charge in [-0.05, 0) is 35.2 Å². The molecule has 1 amide bonds. The SMILES string of the molecule is NC(CCc1cccc(-c2ccccc2)c1)Oc1ccc(F)c2c1CC(=O)N2. The van der Waals surface area contributed by atoms with Gasteiger partial charge in [-0.15, -0.1) is 0 Å². The molecule has 5 heteroatoms. The normalized spacial score (nSPS) is 13.7. The minimum absolute atomic E-state index is 0.105. The van der Waals surface area contributed by atoms with Crippen LogP contribution in [0.3, 0.4) is 0 Å². The number of halogens is 1. The van der Waals surface area contributed by atoms with Gasteiger partial charge in [0.05, 0.1) is 12.1 Å². The van der Waals surface area contributed by atoms with E-state index in [2.05, 4.69) is 35.6 Å². The van der Waals surface area contributed by atoms with Crippen LogP contribution in [0.1, 0.15) is 17.5 Å². The first kappa shape index (κ1) is 18.2. The van der Waals surface area contributed by atoms with E-state index < -0.39 is 12.0 Å². The fourth-order valence-electron chi connectivity index (χ4n) is 3.43. The molecule has 28 heavy (non-hydrogen) atoms. The van der Waals surface area contributed by atoms with Crippen LogP contribution in [0.15, 0.2) is 66.7 Å². The van der Waals surface area contributed by atoms with Gasteiger partial charge in [-0.3, -0.25) is 10.5 Å². The number of rotatable bonds is 6. The molecular weight excluding hydrogens is 355 g/mol. The Bertz CT molecular complexity index is 1000. The maximum absolute atomic E-state index is 13.8. The lowest BCUT2D eigenvalue weighted by Gasteiger charge is -2.17. The Balaban J connectivity index is 1.42. The zero-order valence-corrected chi connectivity index (χ0v) is 15.3. The van der Waals surface area contributed by atoms with Crippen molar-refractivity contribution >= 4 is 11.6 Å². The van der Waals surface area contributed by atoms with Crippen LogP contribution in [0.25, 0.3) is 11.1 Å². The lowest BCUT2D eigenvalue weighted by atomic mass is 10.0. The van der Waals surface area contributed by atoms with Crippen molar-refractivity contribution < 1.29 is 13.9 Å². The quantitative estimate of drug-likeness (QED) is 0.631. The summed E-state index contributed by atoms with van der Waals surface area (Å²) in [6.45, 7) is 0. The van der Waals surface area contributed by atoms with Gasteiger partial charge in [-0.1, -0.05) is 54.6 Å². The van der Waals surface area contributed by atoms with Crippen LogP contribution < -0.4 is 15.8 Å². The lowest BCUT2D eigenvalue weighted by Crippen LogP contribution is -2.28. The van der Waals surface area contributed by atoms with Gasteiger partial charge in [0.15, 0.2) is 0 Å². The number of nitrogens with one attached hydrogen (secondary N) is 1. The van der Waals surface area contributed by atoms with E-state index in [1.54, 1.807) is 0 Å². The number of fused-ring (bicyclic) bond motifs is 1. The predicted octanol–water partition coefficient (Wildman–Crippen LogP) is 4.28. The fraction of sp³-hybridized carbons (Fsp3) is 0.174. The Labute approximate surface area is 163 Å². The summed E-state index contributed by atoms with van der Waals surface area (Å²) in [5.41, 5.74) is 10.4. The molecule has 3 aromatic carbocycles. The van der Waals surface area contributed by atoms with Gasteiger partial charge in [0, 0.05) is 12.0 Å². The van der Waals surface area contributed by atoms with E-state index in [1.165, 1.54) is 23.3 Å². The number of benzene rings is 3. The number of amides is 1. The van der Waals surface area contributed by atoms with Gasteiger partial charge in [0.25, 0.3) is 0 Å². The van der Waals surface area contributed by atoms with E-state index in [4.69, 9.17) is 10.5 Å². The molecular formula is C23H21FN2O2. The molecule has 0 saturated carbocycles. The number of hydrogen-bond donors (Lipinski definition) is 2. The smallest absolute Gasteiger partial charge is 0.229 e. The molecule has 0 aromatic heterocycles. The highest BCUT2D eigenvalue weighted by atomic mass is 19.1. The van der Waals surface area contributed by atoms with E-state index in [0.717, 1.165) is 12.0 Å². The van der Waals surface area contributed by atoms with Crippen molar-refractivity contribution in [3.63, 3.8) is 0 Å². The fourth-order valence-corrected chi connectivity index (χ4v) is 3.43. The van der Waals surface area contributed by atoms with E-state index in [1.807, 2.05) is 24.3 Å². The second-order valence-corrected chi connectivity index (χ2v) is 6.89. The van der Waals surface area contributed by atoms with Gasteiger partial charge in [0.2, 0.25) is 5.91 Å². The van der Waals surface area contributed by atoms with E-state index >= 15 is 0 Å². The topological polar surface area (TPSA) is 64.3 Å². The maximum atomic E-state index is 13.8. The molecule has 0 radical (unpaired) electrons. The van der Waals surface area contributed by atoms with E-state index in [0.29, 0.717) is 17.7 Å². The lowest BCUT2D eigenvalue weighted by molar-refractivity contribution is -0.115. The molecule has 142 valence electrons. The molecule has 0 aliphatic carbocycles. The van der Waals surface area contributed by atoms with Crippen molar-refractivity contribution in [2.75, 3.05) is 5.32 Å². The Morgan fingerprint density at radius 3 is 2.64 bits per heavy atom. The zero-order valence-electron chi connectivity index (χ0n) is 15.3. The zero-order chi connectivity index (χ0) is 19.5. The molecule has 1 atom stereocenters. The molecule has 4 nitrogen and oxygen atoms in total. The second kappa shape index (κ2) is 7.82. The van der Waals surface area contributed by atoms with Gasteiger partial charge < -0.3 is 10.1 Å². The van der Waals surface area contributed by atoms with Gasteiger partial charge in [-0.2, -0.15) is 0 Å². The third kappa shape index (κ3) is 3.89. The monoisotopic (exact) mass is 376 g/mol. The molecule has 1 aliphatic rings. The standard InChI is InChI=1S/C23H21FN2O2/c24-19-10-11-20(18-14-22(27)26-23(18)19)28-21(25)12-9-15-5-4-8-17(13-15)16-6-2-1-3-7-16/h1-8,10-11,13,21H,9,12,14,25H2,(H,26,27). The van der Waals surface area contributed by atoms with Crippen molar-refractivity contribution in [2.24, 2.45) is 5.73 Å². The van der Waals surface area contributed by atoms with Crippen molar-refractivity contribution in [1.82, 2.24) is 0 Å². The van der Waals surface area contributed by atoms with Crippen molar-refractivity contribution in [3.05, 3.63) is 83.7 Å². The van der Waals surface area contributed by atoms with E-state index in [9.17, 15) is 9.18 Å². The molecule has 1 unspecified atom stereocenters. The average Bonchev–Trinajstić information content (AvgIpc) is 3.12. The first-order chi connectivity index (χ1) is 13.6. The van der Waals surface area contributed by atoms with Crippen LogP contribution in [0.2, 0.25) is 0 Å². The summed E-state index contributed by atoms with van der Waals surface area (Å²) in [7, 11) is 0. The molecule has 4 rings (SSSR count). The first-order valence-electron chi connectivity index (χ1n) is 9.28. The summed E-state index contributed by atoms with van der Waals surface area (Å²) in [6.07, 6.45) is 0.910. The highest BCUT2D eigenvalue weighted by Gasteiger charge is 2.25. The Morgan fingerprint density at radius 2 is 1.82 bits per heavy atom. The Kier molecular flexibility index (Phi) is 5.08. The van der Waals surface area contributed by atoms with Gasteiger partial charge in [-0.25, -0.2) is 4.39 Å². The number of carbonyl (C=O) groups excluding carboxylic acids is 1. The Morgan fingerprint density at radius 1 is 1.04 bits per heavy atom. The number of hydrogen-bond acceptors (Lipinski definition) is 3. The van der Waals surface area contributed by atoms with Crippen LogP contribution in [0.4, 0.5) is 10.1 Å². The molecule has 0 spiro atoms.